The van der Waals surface area contributed by atoms with Crippen molar-refractivity contribution in [1.82, 2.24) is 9.97 Å². The molecule has 0 saturated carbocycles. The Labute approximate surface area is 189 Å². The molecule has 6 nitrogen and oxygen atoms in total. The van der Waals surface area contributed by atoms with E-state index in [0.717, 1.165) is 43.8 Å². The van der Waals surface area contributed by atoms with Gasteiger partial charge in [-0.25, -0.2) is 9.97 Å². The molecule has 9 heteroatoms. The monoisotopic (exact) mass is 455 g/mol. The van der Waals surface area contributed by atoms with Gasteiger partial charge in [-0.2, -0.15) is 13.2 Å². The second-order valence-electron chi connectivity index (χ2n) is 7.86. The number of hydrogen-bond donors (Lipinski definition) is 2. The Bertz CT molecular complexity index is 1130. The summed E-state index contributed by atoms with van der Waals surface area (Å²) < 4.78 is 38.9. The first kappa shape index (κ1) is 22.6. The second kappa shape index (κ2) is 9.48. The van der Waals surface area contributed by atoms with Crippen molar-refractivity contribution in [2.75, 3.05) is 35.7 Å². The highest BCUT2D eigenvalue weighted by Gasteiger charge is 2.30. The van der Waals surface area contributed by atoms with Gasteiger partial charge in [-0.05, 0) is 55.2 Å². The van der Waals surface area contributed by atoms with Crippen LogP contribution in [0.25, 0.3) is 11.1 Å². The quantitative estimate of drug-likeness (QED) is 0.536. The number of piperidine rings is 1. The van der Waals surface area contributed by atoms with Crippen molar-refractivity contribution in [3.8, 4) is 11.1 Å². The highest BCUT2D eigenvalue weighted by atomic mass is 19.4. The molecule has 1 saturated heterocycles. The molecule has 2 aromatic carbocycles. The van der Waals surface area contributed by atoms with Gasteiger partial charge in [0.05, 0.1) is 11.1 Å². The van der Waals surface area contributed by atoms with Gasteiger partial charge in [0.25, 0.3) is 5.91 Å². The van der Waals surface area contributed by atoms with E-state index in [-0.39, 0.29) is 11.9 Å². The number of alkyl halides is 3. The minimum Gasteiger partial charge on any atom is -0.387 e. The lowest BCUT2D eigenvalue weighted by Crippen LogP contribution is -2.29. The van der Waals surface area contributed by atoms with Crippen molar-refractivity contribution in [1.29, 1.82) is 0 Å². The lowest BCUT2D eigenvalue weighted by atomic mass is 10.1. The average Bonchev–Trinajstić information content (AvgIpc) is 2.84. The fraction of sp³-hybridized carbons (Fsp3) is 0.292. The highest BCUT2D eigenvalue weighted by Crippen LogP contribution is 2.32. The van der Waals surface area contributed by atoms with Crippen LogP contribution >= 0.6 is 0 Å². The number of nitrogens with one attached hydrogen (secondary N) is 2. The average molecular weight is 455 g/mol. The maximum atomic E-state index is 13.0. The van der Waals surface area contributed by atoms with Gasteiger partial charge in [-0.1, -0.05) is 12.1 Å². The molecule has 1 aromatic heterocycles. The third-order valence-electron chi connectivity index (χ3n) is 5.64. The number of rotatable bonds is 5. The Morgan fingerprint density at radius 2 is 1.70 bits per heavy atom. The third kappa shape index (κ3) is 5.24. The number of hydrogen-bond acceptors (Lipinski definition) is 5. The van der Waals surface area contributed by atoms with Crippen LogP contribution in [0, 0.1) is 0 Å². The largest absolute Gasteiger partial charge is 0.416 e. The summed E-state index contributed by atoms with van der Waals surface area (Å²) >= 11 is 0. The van der Waals surface area contributed by atoms with Gasteiger partial charge in [0, 0.05) is 49.5 Å². The van der Waals surface area contributed by atoms with Gasteiger partial charge in [-0.3, -0.25) is 10.1 Å². The molecule has 0 unspecified atom stereocenters. The van der Waals surface area contributed by atoms with Crippen LogP contribution in [0.2, 0.25) is 0 Å². The number of carbonyl (C=O) groups is 1. The number of nitrogens with zero attached hydrogens (tertiary/aromatic N) is 3. The highest BCUT2D eigenvalue weighted by molar-refractivity contribution is 6.08. The third-order valence-corrected chi connectivity index (χ3v) is 5.64. The molecular weight excluding hydrogens is 431 g/mol. The van der Waals surface area contributed by atoms with Crippen LogP contribution in [0.3, 0.4) is 0 Å². The summed E-state index contributed by atoms with van der Waals surface area (Å²) in [6, 6.07) is 10.7. The number of anilines is 3. The number of halogens is 3. The number of carbonyl (C=O) groups excluding carboxylic acids is 1. The van der Waals surface area contributed by atoms with E-state index in [9.17, 15) is 18.0 Å². The van der Waals surface area contributed by atoms with Gasteiger partial charge in [0.1, 0.15) is 0 Å². The SMILES string of the molecule is CNc1ccc(N2CCCCC2)cc1C(=O)Nc1ncc(-c2cccc(C(F)(F)F)c2)cn1. The first-order valence-corrected chi connectivity index (χ1v) is 10.7. The molecule has 1 fully saturated rings. The minimum absolute atomic E-state index is 0.0705. The van der Waals surface area contributed by atoms with Crippen molar-refractivity contribution in [2.45, 2.75) is 25.4 Å². The van der Waals surface area contributed by atoms with E-state index in [1.165, 1.54) is 24.9 Å². The molecule has 2 N–H and O–H groups in total. The van der Waals surface area contributed by atoms with E-state index in [1.54, 1.807) is 13.1 Å². The number of aromatic nitrogens is 2. The molecule has 1 aliphatic heterocycles. The summed E-state index contributed by atoms with van der Waals surface area (Å²) in [6.45, 7) is 1.92. The standard InChI is InChI=1S/C24H24F3N5O/c1-28-21-9-8-19(32-10-3-2-4-11-32)13-20(21)22(33)31-23-29-14-17(15-30-23)16-6-5-7-18(12-16)24(25,26)27/h5-9,12-15,28H,2-4,10-11H2,1H3,(H,29,30,31,33). The summed E-state index contributed by atoms with van der Waals surface area (Å²) in [5.41, 5.74) is 2.14. The molecule has 0 radical (unpaired) electrons. The Morgan fingerprint density at radius 1 is 0.970 bits per heavy atom. The van der Waals surface area contributed by atoms with Gasteiger partial charge in [-0.15, -0.1) is 0 Å². The summed E-state index contributed by atoms with van der Waals surface area (Å²) in [7, 11) is 1.74. The van der Waals surface area contributed by atoms with Gasteiger partial charge in [0.2, 0.25) is 5.95 Å². The van der Waals surface area contributed by atoms with E-state index in [2.05, 4.69) is 25.5 Å². The molecule has 0 bridgehead atoms. The lowest BCUT2D eigenvalue weighted by molar-refractivity contribution is -0.137. The van der Waals surface area contributed by atoms with E-state index in [0.29, 0.717) is 22.4 Å². The molecule has 33 heavy (non-hydrogen) atoms. The predicted molar refractivity (Wildman–Crippen MR) is 122 cm³/mol. The minimum atomic E-state index is -4.43. The van der Waals surface area contributed by atoms with Crippen LogP contribution in [-0.4, -0.2) is 36.0 Å². The molecule has 172 valence electrons. The summed E-state index contributed by atoms with van der Waals surface area (Å²) in [6.07, 6.45) is 1.82. The fourth-order valence-electron chi connectivity index (χ4n) is 3.87. The zero-order valence-corrected chi connectivity index (χ0v) is 18.1. The zero-order valence-electron chi connectivity index (χ0n) is 18.1. The molecule has 0 spiro atoms. The molecule has 3 aromatic rings. The van der Waals surface area contributed by atoms with E-state index >= 15 is 0 Å². The Hall–Kier alpha value is -3.62. The molecule has 1 amide bonds. The smallest absolute Gasteiger partial charge is 0.387 e. The van der Waals surface area contributed by atoms with E-state index in [1.807, 2.05) is 18.2 Å². The molecule has 2 heterocycles. The molecule has 0 aliphatic carbocycles. The maximum absolute atomic E-state index is 13.0. The van der Waals surface area contributed by atoms with Gasteiger partial charge >= 0.3 is 6.18 Å². The lowest BCUT2D eigenvalue weighted by Gasteiger charge is -2.29. The van der Waals surface area contributed by atoms with Crippen molar-refractivity contribution in [2.24, 2.45) is 0 Å². The van der Waals surface area contributed by atoms with Crippen molar-refractivity contribution < 1.29 is 18.0 Å². The van der Waals surface area contributed by atoms with Crippen LogP contribution in [-0.2, 0) is 6.18 Å². The summed E-state index contributed by atoms with van der Waals surface area (Å²) in [5, 5.41) is 5.71. The van der Waals surface area contributed by atoms with Gasteiger partial charge in [0.15, 0.2) is 0 Å². The zero-order chi connectivity index (χ0) is 23.4. The van der Waals surface area contributed by atoms with Crippen molar-refractivity contribution in [3.05, 3.63) is 66.0 Å². The first-order chi connectivity index (χ1) is 15.8. The number of amides is 1. The molecule has 4 rings (SSSR count). The van der Waals surface area contributed by atoms with Gasteiger partial charge < -0.3 is 10.2 Å². The van der Waals surface area contributed by atoms with Crippen LogP contribution in [0.1, 0.15) is 35.2 Å². The van der Waals surface area contributed by atoms with Crippen LogP contribution < -0.4 is 15.5 Å². The topological polar surface area (TPSA) is 70.2 Å². The van der Waals surface area contributed by atoms with E-state index < -0.39 is 11.7 Å². The normalized spacial score (nSPS) is 14.1. The summed E-state index contributed by atoms with van der Waals surface area (Å²) in [4.78, 5) is 23.5. The Morgan fingerprint density at radius 3 is 2.36 bits per heavy atom. The first-order valence-electron chi connectivity index (χ1n) is 10.7. The Kier molecular flexibility index (Phi) is 6.48. The van der Waals surface area contributed by atoms with Crippen LogP contribution in [0.4, 0.5) is 30.5 Å². The van der Waals surface area contributed by atoms with Crippen LogP contribution in [0.5, 0.6) is 0 Å². The number of benzene rings is 2. The Balaban J connectivity index is 1.52. The molecular formula is C24H24F3N5O. The maximum Gasteiger partial charge on any atom is 0.416 e. The van der Waals surface area contributed by atoms with Crippen molar-refractivity contribution >= 4 is 23.2 Å². The van der Waals surface area contributed by atoms with E-state index in [4.69, 9.17) is 0 Å². The fourth-order valence-corrected chi connectivity index (χ4v) is 3.87. The van der Waals surface area contributed by atoms with Crippen LogP contribution in [0.15, 0.2) is 54.9 Å². The summed E-state index contributed by atoms with van der Waals surface area (Å²) in [5.74, 6) is -0.300. The molecule has 1 aliphatic rings. The molecule has 0 atom stereocenters. The van der Waals surface area contributed by atoms with Crippen molar-refractivity contribution in [3.63, 3.8) is 0 Å². The second-order valence-corrected chi connectivity index (χ2v) is 7.86. The predicted octanol–water partition coefficient (Wildman–Crippen LogP) is 5.45.